The molecule has 0 heterocycles. The molecule has 4 atom stereocenters. The van der Waals surface area contributed by atoms with E-state index in [2.05, 4.69) is 67.8 Å². The van der Waals surface area contributed by atoms with Gasteiger partial charge in [-0.25, -0.2) is 0 Å². The topological polar surface area (TPSA) is 110 Å². The zero-order valence-electron chi connectivity index (χ0n) is 33.3. The molecule has 4 unspecified atom stereocenters. The van der Waals surface area contributed by atoms with E-state index in [0.29, 0.717) is 19.3 Å². The molecule has 0 fully saturated rings. The molecule has 0 aromatic heterocycles. The molecule has 5 N–H and O–H groups in total. The minimum Gasteiger partial charge on any atom is -0.394 e. The third-order valence-corrected chi connectivity index (χ3v) is 9.75. The van der Waals surface area contributed by atoms with Crippen LogP contribution < -0.4 is 5.32 Å². The van der Waals surface area contributed by atoms with Gasteiger partial charge in [0.1, 0.15) is 12.2 Å². The van der Waals surface area contributed by atoms with Crippen LogP contribution in [-0.2, 0) is 4.79 Å². The Morgan fingerprint density at radius 3 is 1.45 bits per heavy atom. The smallest absolute Gasteiger partial charge is 0.249 e. The third-order valence-electron chi connectivity index (χ3n) is 9.75. The van der Waals surface area contributed by atoms with Gasteiger partial charge in [-0.3, -0.25) is 4.79 Å². The van der Waals surface area contributed by atoms with Crippen molar-refractivity contribution in [1.29, 1.82) is 0 Å². The molecular formula is C45H83NO5. The summed E-state index contributed by atoms with van der Waals surface area (Å²) >= 11 is 0. The van der Waals surface area contributed by atoms with Crippen molar-refractivity contribution in [2.24, 2.45) is 0 Å². The Balaban J connectivity index is 3.79. The molecule has 0 spiro atoms. The van der Waals surface area contributed by atoms with Gasteiger partial charge in [-0.2, -0.15) is 0 Å². The van der Waals surface area contributed by atoms with Crippen LogP contribution in [0, 0.1) is 0 Å². The SMILES string of the molecule is CC/C=C\C/C=C\CCCCCCCCCCCCCCCC(O)C(=O)NC(CO)C(O)C(O)CCC/C=C/CC/C=C/CCCCCCCC. The Bertz CT molecular complexity index is 854. The maximum absolute atomic E-state index is 12.5. The molecule has 0 aliphatic carbocycles. The lowest BCUT2D eigenvalue weighted by molar-refractivity contribution is -0.132. The number of unbranched alkanes of at least 4 members (excludes halogenated alkanes) is 21. The molecule has 0 aliphatic heterocycles. The van der Waals surface area contributed by atoms with E-state index in [0.717, 1.165) is 51.4 Å². The van der Waals surface area contributed by atoms with E-state index in [1.165, 1.54) is 116 Å². The van der Waals surface area contributed by atoms with Gasteiger partial charge >= 0.3 is 0 Å². The van der Waals surface area contributed by atoms with Gasteiger partial charge in [-0.05, 0) is 77.0 Å². The second-order valence-electron chi connectivity index (χ2n) is 14.6. The van der Waals surface area contributed by atoms with Crippen molar-refractivity contribution in [3.05, 3.63) is 48.6 Å². The summed E-state index contributed by atoms with van der Waals surface area (Å²) in [6.45, 7) is 3.91. The summed E-state index contributed by atoms with van der Waals surface area (Å²) in [7, 11) is 0. The first-order chi connectivity index (χ1) is 25.0. The van der Waals surface area contributed by atoms with Crippen LogP contribution in [0.15, 0.2) is 48.6 Å². The Kier molecular flexibility index (Phi) is 38.1. The van der Waals surface area contributed by atoms with Crippen molar-refractivity contribution in [2.45, 2.75) is 224 Å². The molecule has 0 bridgehead atoms. The van der Waals surface area contributed by atoms with Crippen molar-refractivity contribution < 1.29 is 25.2 Å². The number of hydrogen-bond acceptors (Lipinski definition) is 5. The lowest BCUT2D eigenvalue weighted by Crippen LogP contribution is -2.53. The maximum atomic E-state index is 12.5. The van der Waals surface area contributed by atoms with Crippen molar-refractivity contribution in [2.75, 3.05) is 6.61 Å². The molecule has 0 radical (unpaired) electrons. The molecule has 51 heavy (non-hydrogen) atoms. The van der Waals surface area contributed by atoms with Gasteiger partial charge in [0.05, 0.1) is 18.8 Å². The van der Waals surface area contributed by atoms with Gasteiger partial charge < -0.3 is 25.7 Å². The van der Waals surface area contributed by atoms with Gasteiger partial charge in [0, 0.05) is 0 Å². The summed E-state index contributed by atoms with van der Waals surface area (Å²) in [5.41, 5.74) is 0. The molecule has 0 aromatic rings. The third kappa shape index (κ3) is 33.8. The number of aliphatic hydroxyl groups is 4. The highest BCUT2D eigenvalue weighted by Crippen LogP contribution is 2.15. The minimum atomic E-state index is -1.29. The van der Waals surface area contributed by atoms with E-state index in [9.17, 15) is 25.2 Å². The fourth-order valence-electron chi connectivity index (χ4n) is 6.34. The molecule has 298 valence electrons. The van der Waals surface area contributed by atoms with Crippen LogP contribution in [0.4, 0.5) is 0 Å². The first kappa shape index (κ1) is 49.3. The largest absolute Gasteiger partial charge is 0.394 e. The first-order valence-electron chi connectivity index (χ1n) is 21.5. The molecule has 0 aromatic carbocycles. The second-order valence-corrected chi connectivity index (χ2v) is 14.6. The van der Waals surface area contributed by atoms with Crippen LogP contribution in [0.25, 0.3) is 0 Å². The van der Waals surface area contributed by atoms with E-state index in [1.807, 2.05) is 0 Å². The summed E-state index contributed by atoms with van der Waals surface area (Å²) in [4.78, 5) is 12.5. The number of amides is 1. The van der Waals surface area contributed by atoms with Gasteiger partial charge in [0.2, 0.25) is 5.91 Å². The summed E-state index contributed by atoms with van der Waals surface area (Å²) in [6.07, 6.45) is 47.1. The van der Waals surface area contributed by atoms with E-state index in [1.54, 1.807) is 0 Å². The first-order valence-corrected chi connectivity index (χ1v) is 21.5. The van der Waals surface area contributed by atoms with Gasteiger partial charge in [-0.15, -0.1) is 0 Å². The predicted octanol–water partition coefficient (Wildman–Crippen LogP) is 11.1. The average molecular weight is 718 g/mol. The van der Waals surface area contributed by atoms with E-state index < -0.39 is 36.9 Å². The summed E-state index contributed by atoms with van der Waals surface area (Å²) in [5, 5.41) is 43.6. The Hall–Kier alpha value is -1.73. The van der Waals surface area contributed by atoms with Gasteiger partial charge in [0.25, 0.3) is 0 Å². The summed E-state index contributed by atoms with van der Waals surface area (Å²) in [5.74, 6) is -0.600. The van der Waals surface area contributed by atoms with Crippen LogP contribution in [0.5, 0.6) is 0 Å². The second kappa shape index (κ2) is 39.5. The normalized spacial score (nSPS) is 14.7. The Morgan fingerprint density at radius 1 is 0.510 bits per heavy atom. The number of hydrogen-bond donors (Lipinski definition) is 5. The maximum Gasteiger partial charge on any atom is 0.249 e. The summed E-state index contributed by atoms with van der Waals surface area (Å²) in [6, 6.07) is -1.01. The lowest BCUT2D eigenvalue weighted by atomic mass is 10.00. The molecule has 0 saturated heterocycles. The minimum absolute atomic E-state index is 0.358. The standard InChI is InChI=1S/C45H83NO5/c1-3-5-7-9-11-13-15-17-19-20-21-22-23-25-27-29-31-33-35-37-39-43(49)45(51)46-41(40-47)44(50)42(48)38-36-34-32-30-28-26-24-18-16-14-12-10-8-6-4-2/h5,7,11,13,18,24,30,32,41-44,47-50H,3-4,6,8-10,12,14-17,19-23,25-29,31,33-40H2,1-2H3,(H,46,51)/b7-5-,13-11-,24-18+,32-30+. The molecule has 6 heteroatoms. The molecular weight excluding hydrogens is 634 g/mol. The van der Waals surface area contributed by atoms with E-state index >= 15 is 0 Å². The average Bonchev–Trinajstić information content (AvgIpc) is 3.13. The van der Waals surface area contributed by atoms with Gasteiger partial charge in [-0.1, -0.05) is 172 Å². The van der Waals surface area contributed by atoms with Crippen molar-refractivity contribution in [3.8, 4) is 0 Å². The van der Waals surface area contributed by atoms with Gasteiger partial charge in [0.15, 0.2) is 0 Å². The van der Waals surface area contributed by atoms with E-state index in [4.69, 9.17) is 0 Å². The van der Waals surface area contributed by atoms with Crippen LogP contribution >= 0.6 is 0 Å². The van der Waals surface area contributed by atoms with Crippen molar-refractivity contribution in [3.63, 3.8) is 0 Å². The summed E-state index contributed by atoms with van der Waals surface area (Å²) < 4.78 is 0. The zero-order chi connectivity index (χ0) is 37.5. The van der Waals surface area contributed by atoms with Crippen LogP contribution in [0.3, 0.4) is 0 Å². The lowest BCUT2D eigenvalue weighted by Gasteiger charge is -2.27. The van der Waals surface area contributed by atoms with Crippen molar-refractivity contribution >= 4 is 5.91 Å². The molecule has 0 rings (SSSR count). The fraction of sp³-hybridized carbons (Fsp3) is 0.800. The van der Waals surface area contributed by atoms with E-state index in [-0.39, 0.29) is 0 Å². The number of carbonyl (C=O) groups is 1. The number of aliphatic hydroxyl groups excluding tert-OH is 4. The number of rotatable bonds is 38. The fourth-order valence-corrected chi connectivity index (χ4v) is 6.34. The van der Waals surface area contributed by atoms with Crippen LogP contribution in [0.1, 0.15) is 200 Å². The molecule has 6 nitrogen and oxygen atoms in total. The Morgan fingerprint density at radius 2 is 0.941 bits per heavy atom. The molecule has 1 amide bonds. The molecule has 0 saturated carbocycles. The molecule has 0 aliphatic rings. The Labute approximate surface area is 315 Å². The van der Waals surface area contributed by atoms with Crippen molar-refractivity contribution in [1.82, 2.24) is 5.32 Å². The monoisotopic (exact) mass is 718 g/mol. The number of carbonyl (C=O) groups excluding carboxylic acids is 1. The highest BCUT2D eigenvalue weighted by Gasteiger charge is 2.28. The van der Waals surface area contributed by atoms with Crippen LogP contribution in [0.2, 0.25) is 0 Å². The predicted molar refractivity (Wildman–Crippen MR) is 219 cm³/mol. The highest BCUT2D eigenvalue weighted by molar-refractivity contribution is 5.80. The zero-order valence-corrected chi connectivity index (χ0v) is 33.3. The highest BCUT2D eigenvalue weighted by atomic mass is 16.3. The number of allylic oxidation sites excluding steroid dienone is 8. The number of nitrogens with one attached hydrogen (secondary N) is 1. The quantitative estimate of drug-likeness (QED) is 0.0323. The van der Waals surface area contributed by atoms with Crippen LogP contribution in [-0.4, -0.2) is 57.3 Å².